The summed E-state index contributed by atoms with van der Waals surface area (Å²) in [6.07, 6.45) is 0.348. The summed E-state index contributed by atoms with van der Waals surface area (Å²) in [5.74, 6) is -0.0793. The van der Waals surface area contributed by atoms with Gasteiger partial charge in [0.2, 0.25) is 5.91 Å². The Morgan fingerprint density at radius 1 is 0.912 bits per heavy atom. The number of hydrogen-bond donors (Lipinski definition) is 1. The van der Waals surface area contributed by atoms with Crippen molar-refractivity contribution in [2.75, 3.05) is 13.2 Å². The van der Waals surface area contributed by atoms with Gasteiger partial charge in [0.25, 0.3) is 5.91 Å². The summed E-state index contributed by atoms with van der Waals surface area (Å²) in [4.78, 5) is 28.0. The van der Waals surface area contributed by atoms with E-state index in [0.29, 0.717) is 33.8 Å². The molecule has 1 atom stereocenters. The van der Waals surface area contributed by atoms with Gasteiger partial charge in [-0.1, -0.05) is 71.2 Å². The van der Waals surface area contributed by atoms with Gasteiger partial charge in [-0.05, 0) is 54.4 Å². The smallest absolute Gasteiger partial charge is 0.261 e. The van der Waals surface area contributed by atoms with E-state index in [1.54, 1.807) is 42.5 Å². The number of nitrogens with one attached hydrogen (secondary N) is 1. The average Bonchev–Trinajstić information content (AvgIpc) is 2.83. The molecule has 3 rings (SSSR count). The van der Waals surface area contributed by atoms with Gasteiger partial charge in [-0.15, -0.1) is 0 Å². The normalized spacial score (nSPS) is 11.5. The minimum absolute atomic E-state index is 0.161. The molecule has 0 saturated carbocycles. The lowest BCUT2D eigenvalue weighted by Crippen LogP contribution is -2.51. The summed E-state index contributed by atoms with van der Waals surface area (Å²) in [5.41, 5.74) is 1.68. The molecule has 8 heteroatoms. The van der Waals surface area contributed by atoms with Crippen LogP contribution < -0.4 is 10.1 Å². The molecule has 3 aromatic rings. The molecule has 0 heterocycles. The van der Waals surface area contributed by atoms with Crippen molar-refractivity contribution in [1.82, 2.24) is 10.2 Å². The van der Waals surface area contributed by atoms with Crippen LogP contribution in [0.5, 0.6) is 5.75 Å². The number of halogens is 3. The summed E-state index contributed by atoms with van der Waals surface area (Å²) in [7, 11) is 0. The minimum Gasteiger partial charge on any atom is -0.484 e. The number of nitrogens with zero attached hydrogens (tertiary/aromatic N) is 1. The van der Waals surface area contributed by atoms with Gasteiger partial charge in [0.05, 0.1) is 10.0 Å². The molecule has 0 aliphatic rings. The second kappa shape index (κ2) is 12.7. The Balaban J connectivity index is 1.90. The molecule has 0 radical (unpaired) electrons. The number of ether oxygens (including phenoxy) is 1. The molecule has 0 spiro atoms. The maximum atomic E-state index is 13.4. The van der Waals surface area contributed by atoms with Crippen molar-refractivity contribution in [3.8, 4) is 5.75 Å². The lowest BCUT2D eigenvalue weighted by Gasteiger charge is -2.31. The van der Waals surface area contributed by atoms with Crippen molar-refractivity contribution < 1.29 is 14.3 Å². The molecule has 0 bridgehead atoms. The first kappa shape index (κ1) is 25.9. The number of carbonyl (C=O) groups excluding carboxylic acids is 2. The molecule has 0 aliphatic carbocycles. The van der Waals surface area contributed by atoms with Gasteiger partial charge in [-0.25, -0.2) is 0 Å². The fourth-order valence-corrected chi connectivity index (χ4v) is 3.89. The average molecular weight is 520 g/mol. The van der Waals surface area contributed by atoms with E-state index in [9.17, 15) is 9.59 Å². The molecule has 2 amide bonds. The molecule has 34 heavy (non-hydrogen) atoms. The quantitative estimate of drug-likeness (QED) is 0.368. The van der Waals surface area contributed by atoms with Crippen molar-refractivity contribution in [2.45, 2.75) is 25.9 Å². The molecule has 0 fully saturated rings. The maximum absolute atomic E-state index is 13.4. The topological polar surface area (TPSA) is 58.6 Å². The zero-order chi connectivity index (χ0) is 24.5. The zero-order valence-electron chi connectivity index (χ0n) is 18.6. The van der Waals surface area contributed by atoms with Crippen LogP contribution in [0.3, 0.4) is 0 Å². The van der Waals surface area contributed by atoms with Crippen LogP contribution in [0.25, 0.3) is 0 Å². The molecule has 0 aromatic heterocycles. The predicted octanol–water partition coefficient (Wildman–Crippen LogP) is 5.80. The molecular formula is C26H25Cl3N2O3. The maximum Gasteiger partial charge on any atom is 0.261 e. The predicted molar refractivity (Wildman–Crippen MR) is 137 cm³/mol. The van der Waals surface area contributed by atoms with Gasteiger partial charge >= 0.3 is 0 Å². The number of rotatable bonds is 10. The summed E-state index contributed by atoms with van der Waals surface area (Å²) >= 11 is 18.2. The highest BCUT2D eigenvalue weighted by Crippen LogP contribution is 2.24. The third-order valence-electron chi connectivity index (χ3n) is 5.13. The first-order chi connectivity index (χ1) is 16.4. The SMILES string of the molecule is CCNC(=O)[C@@H](Cc1ccccc1)N(Cc1ccc(Cl)c(Cl)c1)C(=O)COc1ccc(Cl)cc1. The van der Waals surface area contributed by atoms with Gasteiger partial charge in [0.15, 0.2) is 6.61 Å². The second-order valence-corrected chi connectivity index (χ2v) is 8.86. The Labute approximate surface area is 214 Å². The number of hydrogen-bond acceptors (Lipinski definition) is 3. The second-order valence-electron chi connectivity index (χ2n) is 7.61. The molecule has 5 nitrogen and oxygen atoms in total. The van der Waals surface area contributed by atoms with Crippen LogP contribution in [0, 0.1) is 0 Å². The van der Waals surface area contributed by atoms with E-state index in [1.165, 1.54) is 4.90 Å². The van der Waals surface area contributed by atoms with Gasteiger partial charge in [0, 0.05) is 24.5 Å². The number of likely N-dealkylation sites (N-methyl/N-ethyl adjacent to an activating group) is 1. The highest BCUT2D eigenvalue weighted by molar-refractivity contribution is 6.42. The van der Waals surface area contributed by atoms with Crippen molar-refractivity contribution in [3.05, 3.63) is 99.0 Å². The first-order valence-corrected chi connectivity index (χ1v) is 11.9. The zero-order valence-corrected chi connectivity index (χ0v) is 20.9. The molecule has 0 saturated heterocycles. The number of amides is 2. The van der Waals surface area contributed by atoms with E-state index in [1.807, 2.05) is 37.3 Å². The third kappa shape index (κ3) is 7.39. The van der Waals surface area contributed by atoms with Gasteiger partial charge in [-0.2, -0.15) is 0 Å². The van der Waals surface area contributed by atoms with Crippen molar-refractivity contribution in [1.29, 1.82) is 0 Å². The van der Waals surface area contributed by atoms with Crippen LogP contribution in [-0.4, -0.2) is 35.9 Å². The highest BCUT2D eigenvalue weighted by Gasteiger charge is 2.30. The molecule has 3 aromatic carbocycles. The standard InChI is InChI=1S/C26H25Cl3N2O3/c1-2-30-26(33)24(15-18-6-4-3-5-7-18)31(16-19-8-13-22(28)23(29)14-19)25(32)17-34-21-11-9-20(27)10-12-21/h3-14,24H,2,15-17H2,1H3,(H,30,33)/t24-/m1/s1. The van der Waals surface area contributed by atoms with Crippen LogP contribution in [0.2, 0.25) is 15.1 Å². The van der Waals surface area contributed by atoms with E-state index in [4.69, 9.17) is 39.5 Å². The highest BCUT2D eigenvalue weighted by atomic mass is 35.5. The largest absolute Gasteiger partial charge is 0.484 e. The molecule has 0 unspecified atom stereocenters. The van der Waals surface area contributed by atoms with Crippen LogP contribution in [0.4, 0.5) is 0 Å². The van der Waals surface area contributed by atoms with E-state index < -0.39 is 6.04 Å². The van der Waals surface area contributed by atoms with Gasteiger partial charge in [0.1, 0.15) is 11.8 Å². The van der Waals surface area contributed by atoms with Crippen molar-refractivity contribution in [2.24, 2.45) is 0 Å². The van der Waals surface area contributed by atoms with E-state index in [-0.39, 0.29) is 25.0 Å². The molecule has 0 aliphatic heterocycles. The van der Waals surface area contributed by atoms with Crippen molar-refractivity contribution >= 4 is 46.6 Å². The monoisotopic (exact) mass is 518 g/mol. The van der Waals surface area contributed by atoms with E-state index >= 15 is 0 Å². The van der Waals surface area contributed by atoms with Gasteiger partial charge < -0.3 is 15.0 Å². The van der Waals surface area contributed by atoms with Gasteiger partial charge in [-0.3, -0.25) is 9.59 Å². The minimum atomic E-state index is -0.752. The Morgan fingerprint density at radius 3 is 2.26 bits per heavy atom. The third-order valence-corrected chi connectivity index (χ3v) is 6.13. The Morgan fingerprint density at radius 2 is 1.62 bits per heavy atom. The van der Waals surface area contributed by atoms with E-state index in [0.717, 1.165) is 11.1 Å². The first-order valence-electron chi connectivity index (χ1n) is 10.8. The molecular weight excluding hydrogens is 495 g/mol. The number of carbonyl (C=O) groups is 2. The Kier molecular flexibility index (Phi) is 9.63. The lowest BCUT2D eigenvalue weighted by atomic mass is 10.0. The number of benzene rings is 3. The summed E-state index contributed by atoms with van der Waals surface area (Å²) in [6, 6.07) is 20.7. The van der Waals surface area contributed by atoms with Crippen LogP contribution in [0.15, 0.2) is 72.8 Å². The fourth-order valence-electron chi connectivity index (χ4n) is 3.44. The van der Waals surface area contributed by atoms with Crippen LogP contribution in [-0.2, 0) is 22.6 Å². The fraction of sp³-hybridized carbons (Fsp3) is 0.231. The van der Waals surface area contributed by atoms with Crippen LogP contribution in [0.1, 0.15) is 18.1 Å². The Hall–Kier alpha value is -2.73. The summed E-state index contributed by atoms with van der Waals surface area (Å²) in [5, 5.41) is 4.21. The summed E-state index contributed by atoms with van der Waals surface area (Å²) < 4.78 is 5.70. The van der Waals surface area contributed by atoms with Crippen LogP contribution >= 0.6 is 34.8 Å². The van der Waals surface area contributed by atoms with Crippen molar-refractivity contribution in [3.63, 3.8) is 0 Å². The van der Waals surface area contributed by atoms with E-state index in [2.05, 4.69) is 5.32 Å². The molecule has 1 N–H and O–H groups in total. The molecule has 178 valence electrons. The summed E-state index contributed by atoms with van der Waals surface area (Å²) in [6.45, 7) is 2.20. The Bertz CT molecular complexity index is 1110. The lowest BCUT2D eigenvalue weighted by molar-refractivity contribution is -0.142.